The Kier molecular flexibility index (Phi) is 7.50. The van der Waals surface area contributed by atoms with Crippen molar-refractivity contribution < 1.29 is 32.2 Å². The molecular weight excluding hydrogens is 363 g/mol. The van der Waals surface area contributed by atoms with Crippen molar-refractivity contribution in [2.75, 3.05) is 26.8 Å². The van der Waals surface area contributed by atoms with E-state index in [-0.39, 0.29) is 25.0 Å². The summed E-state index contributed by atoms with van der Waals surface area (Å²) in [4.78, 5) is 25.8. The van der Waals surface area contributed by atoms with Crippen molar-refractivity contribution in [2.45, 2.75) is 39.0 Å². The lowest BCUT2D eigenvalue weighted by Gasteiger charge is -2.31. The van der Waals surface area contributed by atoms with Crippen molar-refractivity contribution in [1.29, 1.82) is 0 Å². The van der Waals surface area contributed by atoms with E-state index < -0.39 is 34.7 Å². The second kappa shape index (κ2) is 9.62. The number of esters is 1. The smallest absolute Gasteiger partial charge is 0.309 e. The molecular formula is C19H24F3NO4. The van der Waals surface area contributed by atoms with Crippen LogP contribution in [0.2, 0.25) is 0 Å². The molecule has 0 aromatic heterocycles. The monoisotopic (exact) mass is 387 g/mol. The van der Waals surface area contributed by atoms with E-state index >= 15 is 0 Å². The third kappa shape index (κ3) is 4.93. The lowest BCUT2D eigenvalue weighted by atomic mass is 9.96. The predicted molar refractivity (Wildman–Crippen MR) is 92.0 cm³/mol. The Morgan fingerprint density at radius 2 is 1.81 bits per heavy atom. The molecule has 0 N–H and O–H groups in total. The van der Waals surface area contributed by atoms with Crippen LogP contribution in [0, 0.1) is 23.4 Å². The number of amides is 1. The van der Waals surface area contributed by atoms with Crippen LogP contribution in [-0.4, -0.2) is 43.6 Å². The van der Waals surface area contributed by atoms with Gasteiger partial charge in [0.05, 0.1) is 25.2 Å². The predicted octanol–water partition coefficient (Wildman–Crippen LogP) is 3.70. The van der Waals surface area contributed by atoms with E-state index in [0.717, 1.165) is 26.4 Å². The van der Waals surface area contributed by atoms with Crippen molar-refractivity contribution in [1.82, 2.24) is 4.90 Å². The molecule has 0 bridgehead atoms. The van der Waals surface area contributed by atoms with E-state index in [9.17, 15) is 22.8 Å². The molecule has 1 fully saturated rings. The molecule has 2 rings (SSSR count). The number of carbonyl (C=O) groups is 2. The number of carbonyl (C=O) groups excluding carboxylic acids is 2. The summed E-state index contributed by atoms with van der Waals surface area (Å²) in [5, 5.41) is 0. The number of hydrogen-bond acceptors (Lipinski definition) is 4. The zero-order chi connectivity index (χ0) is 20.0. The number of unbranched alkanes of at least 4 members (excludes halogenated alkanes) is 2. The van der Waals surface area contributed by atoms with Crippen LogP contribution in [0.3, 0.4) is 0 Å². The van der Waals surface area contributed by atoms with Crippen LogP contribution in [0.5, 0.6) is 5.75 Å². The molecule has 0 unspecified atom stereocenters. The maximum Gasteiger partial charge on any atom is 0.309 e. The number of ether oxygens (including phenoxy) is 2. The fourth-order valence-corrected chi connectivity index (χ4v) is 3.05. The zero-order valence-electron chi connectivity index (χ0n) is 15.5. The van der Waals surface area contributed by atoms with Crippen LogP contribution in [0.4, 0.5) is 13.2 Å². The number of hydrogen-bond donors (Lipinski definition) is 0. The van der Waals surface area contributed by atoms with Crippen LogP contribution < -0.4 is 4.74 Å². The lowest BCUT2D eigenvalue weighted by Crippen LogP contribution is -2.41. The van der Waals surface area contributed by atoms with Crippen LogP contribution in [0.25, 0.3) is 0 Å². The van der Waals surface area contributed by atoms with Crippen molar-refractivity contribution in [3.05, 3.63) is 29.1 Å². The van der Waals surface area contributed by atoms with Crippen LogP contribution >= 0.6 is 0 Å². The molecule has 5 nitrogen and oxygen atoms in total. The first kappa shape index (κ1) is 21.1. The number of rotatable bonds is 7. The lowest BCUT2D eigenvalue weighted by molar-refractivity contribution is -0.150. The highest BCUT2D eigenvalue weighted by Crippen LogP contribution is 2.29. The van der Waals surface area contributed by atoms with Gasteiger partial charge in [-0.3, -0.25) is 9.59 Å². The van der Waals surface area contributed by atoms with Crippen LogP contribution in [0.15, 0.2) is 6.07 Å². The first-order valence-corrected chi connectivity index (χ1v) is 9.08. The molecule has 0 spiro atoms. The molecule has 1 saturated heterocycles. The largest absolute Gasteiger partial charge is 0.491 e. The molecule has 150 valence electrons. The minimum atomic E-state index is -1.48. The SMILES string of the molecule is CCCCCOC(=O)C1CCN(C(=O)c2cc(F)c(F)c(OC)c2F)CC1. The summed E-state index contributed by atoms with van der Waals surface area (Å²) in [6.45, 7) is 2.84. The molecule has 1 amide bonds. The molecule has 1 aromatic rings. The number of benzene rings is 1. The highest BCUT2D eigenvalue weighted by atomic mass is 19.2. The maximum atomic E-state index is 14.3. The average Bonchev–Trinajstić information content (AvgIpc) is 2.68. The van der Waals surface area contributed by atoms with Gasteiger partial charge < -0.3 is 14.4 Å². The van der Waals surface area contributed by atoms with Gasteiger partial charge in [-0.25, -0.2) is 8.78 Å². The Morgan fingerprint density at radius 1 is 1.15 bits per heavy atom. The van der Waals surface area contributed by atoms with Gasteiger partial charge in [0.1, 0.15) is 0 Å². The Balaban J connectivity index is 1.97. The van der Waals surface area contributed by atoms with Crippen molar-refractivity contribution in [3.8, 4) is 5.75 Å². The summed E-state index contributed by atoms with van der Waals surface area (Å²) in [5.74, 6) is -6.38. The van der Waals surface area contributed by atoms with E-state index in [1.807, 2.05) is 0 Å². The number of nitrogens with zero attached hydrogens (tertiary/aromatic N) is 1. The Bertz CT molecular complexity index is 688. The fraction of sp³-hybridized carbons (Fsp3) is 0.579. The van der Waals surface area contributed by atoms with E-state index in [2.05, 4.69) is 11.7 Å². The number of piperidine rings is 1. The zero-order valence-corrected chi connectivity index (χ0v) is 15.5. The quantitative estimate of drug-likeness (QED) is 0.407. The summed E-state index contributed by atoms with van der Waals surface area (Å²) in [6.07, 6.45) is 3.59. The molecule has 27 heavy (non-hydrogen) atoms. The summed E-state index contributed by atoms with van der Waals surface area (Å²) in [5.41, 5.74) is -0.591. The van der Waals surface area contributed by atoms with E-state index in [1.54, 1.807) is 0 Å². The van der Waals surface area contributed by atoms with E-state index in [4.69, 9.17) is 4.74 Å². The molecule has 1 aliphatic heterocycles. The summed E-state index contributed by atoms with van der Waals surface area (Å²) < 4.78 is 51.2. The van der Waals surface area contributed by atoms with Gasteiger partial charge in [-0.2, -0.15) is 4.39 Å². The first-order valence-electron chi connectivity index (χ1n) is 9.08. The van der Waals surface area contributed by atoms with Crippen LogP contribution in [-0.2, 0) is 9.53 Å². The van der Waals surface area contributed by atoms with Gasteiger partial charge in [0.2, 0.25) is 5.82 Å². The highest BCUT2D eigenvalue weighted by Gasteiger charge is 2.31. The topological polar surface area (TPSA) is 55.8 Å². The molecule has 0 radical (unpaired) electrons. The Hall–Kier alpha value is -2.25. The minimum absolute atomic E-state index is 0.203. The van der Waals surface area contributed by atoms with Gasteiger partial charge in [0.25, 0.3) is 5.91 Å². The van der Waals surface area contributed by atoms with Gasteiger partial charge in [-0.15, -0.1) is 0 Å². The molecule has 0 atom stereocenters. The van der Waals surface area contributed by atoms with Gasteiger partial charge in [0, 0.05) is 13.1 Å². The fourth-order valence-electron chi connectivity index (χ4n) is 3.05. The molecule has 1 aliphatic rings. The number of halogens is 3. The van der Waals surface area contributed by atoms with Crippen molar-refractivity contribution in [2.24, 2.45) is 5.92 Å². The highest BCUT2D eigenvalue weighted by molar-refractivity contribution is 5.95. The van der Waals surface area contributed by atoms with Gasteiger partial charge in [-0.1, -0.05) is 19.8 Å². The normalized spacial score (nSPS) is 14.9. The molecule has 0 aliphatic carbocycles. The van der Waals surface area contributed by atoms with Gasteiger partial charge >= 0.3 is 5.97 Å². The summed E-state index contributed by atoms with van der Waals surface area (Å²) in [6, 6.07) is 0.531. The minimum Gasteiger partial charge on any atom is -0.491 e. The standard InChI is InChI=1S/C19H24F3NO4/c1-3-4-5-10-27-19(25)12-6-8-23(9-7-12)18(24)13-11-14(20)16(22)17(26-2)15(13)21/h11-12H,3-10H2,1-2H3. The molecule has 1 heterocycles. The van der Waals surface area contributed by atoms with Crippen molar-refractivity contribution in [3.63, 3.8) is 0 Å². The number of methoxy groups -OCH3 is 1. The molecule has 0 saturated carbocycles. The summed E-state index contributed by atoms with van der Waals surface area (Å²) >= 11 is 0. The third-order valence-electron chi connectivity index (χ3n) is 4.66. The number of likely N-dealkylation sites (tertiary alicyclic amines) is 1. The summed E-state index contributed by atoms with van der Waals surface area (Å²) in [7, 11) is 0.993. The molecule has 8 heteroatoms. The van der Waals surface area contributed by atoms with Gasteiger partial charge in [-0.05, 0) is 25.3 Å². The van der Waals surface area contributed by atoms with Crippen molar-refractivity contribution >= 4 is 11.9 Å². The Labute approximate surface area is 156 Å². The van der Waals surface area contributed by atoms with E-state index in [0.29, 0.717) is 25.5 Å². The van der Waals surface area contributed by atoms with Gasteiger partial charge in [0.15, 0.2) is 17.4 Å². The maximum absolute atomic E-state index is 14.3. The third-order valence-corrected chi connectivity index (χ3v) is 4.66. The van der Waals surface area contributed by atoms with Crippen LogP contribution in [0.1, 0.15) is 49.4 Å². The second-order valence-electron chi connectivity index (χ2n) is 6.51. The first-order chi connectivity index (χ1) is 12.9. The second-order valence-corrected chi connectivity index (χ2v) is 6.51. The molecule has 1 aromatic carbocycles. The average molecular weight is 387 g/mol. The van der Waals surface area contributed by atoms with E-state index in [1.165, 1.54) is 4.90 Å². The Morgan fingerprint density at radius 3 is 2.41 bits per heavy atom.